The van der Waals surface area contributed by atoms with E-state index in [2.05, 4.69) is 6.07 Å². The number of hydrogen-bond donors (Lipinski definition) is 1. The summed E-state index contributed by atoms with van der Waals surface area (Å²) in [5, 5.41) is 11.1. The van der Waals surface area contributed by atoms with Crippen molar-refractivity contribution >= 4 is 16.7 Å². The molecular weight excluding hydrogens is 316 g/mol. The van der Waals surface area contributed by atoms with Crippen molar-refractivity contribution in [3.63, 3.8) is 0 Å². The van der Waals surface area contributed by atoms with E-state index >= 15 is 0 Å². The van der Waals surface area contributed by atoms with Crippen molar-refractivity contribution in [2.45, 2.75) is 13.8 Å². The molecule has 4 nitrogen and oxygen atoms in total. The third-order valence-electron chi connectivity index (χ3n) is 4.03. The standard InChI is InChI=1S/C21H20O4/c1-14-7-9-18(15(2)13-14)24-11-12-25-19-10-8-16-5-3-4-6-17(16)20(19)21(22)23/h3-10,13H,11-12H2,1-2H3,(H,22,23). The molecule has 0 atom stereocenters. The lowest BCUT2D eigenvalue weighted by Crippen LogP contribution is -2.12. The average Bonchev–Trinajstić information content (AvgIpc) is 2.59. The summed E-state index contributed by atoms with van der Waals surface area (Å²) in [7, 11) is 0. The second-order valence-corrected chi connectivity index (χ2v) is 5.93. The first-order valence-electron chi connectivity index (χ1n) is 8.14. The number of benzene rings is 3. The minimum atomic E-state index is -0.998. The Balaban J connectivity index is 1.71. The number of aryl methyl sites for hydroxylation is 2. The molecule has 0 heterocycles. The van der Waals surface area contributed by atoms with Gasteiger partial charge in [0.15, 0.2) is 0 Å². The fraction of sp³-hybridized carbons (Fsp3) is 0.190. The Morgan fingerprint density at radius 3 is 2.32 bits per heavy atom. The molecule has 4 heteroatoms. The Morgan fingerprint density at radius 1 is 0.920 bits per heavy atom. The van der Waals surface area contributed by atoms with Gasteiger partial charge in [-0.15, -0.1) is 0 Å². The number of carbonyl (C=O) groups is 1. The maximum Gasteiger partial charge on any atom is 0.340 e. The molecule has 0 amide bonds. The number of aromatic carboxylic acids is 1. The highest BCUT2D eigenvalue weighted by Gasteiger charge is 2.15. The second kappa shape index (κ2) is 7.26. The first-order valence-corrected chi connectivity index (χ1v) is 8.14. The van der Waals surface area contributed by atoms with Gasteiger partial charge in [-0.05, 0) is 42.3 Å². The van der Waals surface area contributed by atoms with Crippen LogP contribution in [0, 0.1) is 13.8 Å². The summed E-state index contributed by atoms with van der Waals surface area (Å²) >= 11 is 0. The van der Waals surface area contributed by atoms with Gasteiger partial charge in [-0.2, -0.15) is 0 Å². The van der Waals surface area contributed by atoms with E-state index < -0.39 is 5.97 Å². The first-order chi connectivity index (χ1) is 12.1. The molecule has 3 aromatic rings. The molecule has 0 unspecified atom stereocenters. The van der Waals surface area contributed by atoms with E-state index in [0.717, 1.165) is 16.7 Å². The molecule has 0 radical (unpaired) electrons. The smallest absolute Gasteiger partial charge is 0.340 e. The van der Waals surface area contributed by atoms with Crippen LogP contribution in [0.5, 0.6) is 11.5 Å². The number of hydrogen-bond acceptors (Lipinski definition) is 3. The third-order valence-corrected chi connectivity index (χ3v) is 4.03. The van der Waals surface area contributed by atoms with Gasteiger partial charge in [0.2, 0.25) is 0 Å². The van der Waals surface area contributed by atoms with Crippen molar-refractivity contribution < 1.29 is 19.4 Å². The van der Waals surface area contributed by atoms with Crippen LogP contribution in [0.4, 0.5) is 0 Å². The molecule has 0 spiro atoms. The van der Waals surface area contributed by atoms with Crippen molar-refractivity contribution in [1.82, 2.24) is 0 Å². The quantitative estimate of drug-likeness (QED) is 0.668. The molecule has 25 heavy (non-hydrogen) atoms. The van der Waals surface area contributed by atoms with Crippen LogP contribution in [0.25, 0.3) is 10.8 Å². The van der Waals surface area contributed by atoms with Crippen LogP contribution in [0.3, 0.4) is 0 Å². The maximum absolute atomic E-state index is 11.7. The predicted octanol–water partition coefficient (Wildman–Crippen LogP) is 4.61. The third kappa shape index (κ3) is 3.74. The average molecular weight is 336 g/mol. The number of carboxylic acid groups (broad SMARTS) is 1. The zero-order chi connectivity index (χ0) is 17.8. The summed E-state index contributed by atoms with van der Waals surface area (Å²) in [6.07, 6.45) is 0. The zero-order valence-electron chi connectivity index (χ0n) is 14.3. The molecule has 0 aliphatic heterocycles. The van der Waals surface area contributed by atoms with Gasteiger partial charge in [-0.1, -0.05) is 48.0 Å². The molecule has 3 aromatic carbocycles. The molecule has 0 aliphatic rings. The van der Waals surface area contributed by atoms with Crippen molar-refractivity contribution in [2.24, 2.45) is 0 Å². The van der Waals surface area contributed by atoms with E-state index in [1.54, 1.807) is 12.1 Å². The van der Waals surface area contributed by atoms with Crippen LogP contribution in [0.2, 0.25) is 0 Å². The summed E-state index contributed by atoms with van der Waals surface area (Å²) < 4.78 is 11.4. The Labute approximate surface area is 146 Å². The highest BCUT2D eigenvalue weighted by molar-refractivity contribution is 6.06. The van der Waals surface area contributed by atoms with Crippen molar-refractivity contribution in [1.29, 1.82) is 0 Å². The number of fused-ring (bicyclic) bond motifs is 1. The fourth-order valence-corrected chi connectivity index (χ4v) is 2.86. The Bertz CT molecular complexity index is 915. The van der Waals surface area contributed by atoms with Gasteiger partial charge in [0.05, 0.1) is 0 Å². The Hall–Kier alpha value is -3.01. The highest BCUT2D eigenvalue weighted by atomic mass is 16.5. The van der Waals surface area contributed by atoms with Crippen molar-refractivity contribution in [3.8, 4) is 11.5 Å². The topological polar surface area (TPSA) is 55.8 Å². The van der Waals surface area contributed by atoms with Crippen LogP contribution in [0.15, 0.2) is 54.6 Å². The summed E-state index contributed by atoms with van der Waals surface area (Å²) in [6, 6.07) is 16.9. The first kappa shape index (κ1) is 16.8. The normalized spacial score (nSPS) is 10.6. The van der Waals surface area contributed by atoms with Gasteiger partial charge in [-0.3, -0.25) is 0 Å². The highest BCUT2D eigenvalue weighted by Crippen LogP contribution is 2.28. The minimum Gasteiger partial charge on any atom is -0.490 e. The largest absolute Gasteiger partial charge is 0.490 e. The van der Waals surface area contributed by atoms with E-state index in [4.69, 9.17) is 9.47 Å². The van der Waals surface area contributed by atoms with Gasteiger partial charge in [0.1, 0.15) is 30.3 Å². The Morgan fingerprint density at radius 2 is 1.60 bits per heavy atom. The van der Waals surface area contributed by atoms with Crippen LogP contribution in [0.1, 0.15) is 21.5 Å². The van der Waals surface area contributed by atoms with Crippen LogP contribution in [-0.4, -0.2) is 24.3 Å². The number of ether oxygens (including phenoxy) is 2. The molecule has 0 saturated carbocycles. The molecule has 1 N–H and O–H groups in total. The molecule has 0 aromatic heterocycles. The Kier molecular flexibility index (Phi) is 4.89. The maximum atomic E-state index is 11.7. The lowest BCUT2D eigenvalue weighted by molar-refractivity contribution is 0.0693. The lowest BCUT2D eigenvalue weighted by atomic mass is 10.0. The second-order valence-electron chi connectivity index (χ2n) is 5.93. The molecule has 128 valence electrons. The van der Waals surface area contributed by atoms with Crippen LogP contribution < -0.4 is 9.47 Å². The van der Waals surface area contributed by atoms with E-state index in [1.807, 2.05) is 50.2 Å². The minimum absolute atomic E-state index is 0.185. The zero-order valence-corrected chi connectivity index (χ0v) is 14.3. The van der Waals surface area contributed by atoms with Crippen LogP contribution >= 0.6 is 0 Å². The molecular formula is C21H20O4. The SMILES string of the molecule is Cc1ccc(OCCOc2ccc3ccccc3c2C(=O)O)c(C)c1. The van der Waals surface area contributed by atoms with Gasteiger partial charge in [0.25, 0.3) is 0 Å². The summed E-state index contributed by atoms with van der Waals surface area (Å²) in [5.74, 6) is 0.170. The molecule has 3 rings (SSSR count). The van der Waals surface area contributed by atoms with Crippen LogP contribution in [-0.2, 0) is 0 Å². The fourth-order valence-electron chi connectivity index (χ4n) is 2.86. The van der Waals surface area contributed by atoms with E-state index in [-0.39, 0.29) is 12.2 Å². The molecule has 0 aliphatic carbocycles. The summed E-state index contributed by atoms with van der Waals surface area (Å²) in [5.41, 5.74) is 2.44. The summed E-state index contributed by atoms with van der Waals surface area (Å²) in [4.78, 5) is 11.7. The van der Waals surface area contributed by atoms with Crippen molar-refractivity contribution in [3.05, 3.63) is 71.3 Å². The van der Waals surface area contributed by atoms with E-state index in [9.17, 15) is 9.90 Å². The van der Waals surface area contributed by atoms with Gasteiger partial charge >= 0.3 is 5.97 Å². The monoisotopic (exact) mass is 336 g/mol. The summed E-state index contributed by atoms with van der Waals surface area (Å²) in [6.45, 7) is 4.64. The van der Waals surface area contributed by atoms with Gasteiger partial charge < -0.3 is 14.6 Å². The van der Waals surface area contributed by atoms with E-state index in [0.29, 0.717) is 17.7 Å². The lowest BCUT2D eigenvalue weighted by Gasteiger charge is -2.13. The predicted molar refractivity (Wildman–Crippen MR) is 97.8 cm³/mol. The van der Waals surface area contributed by atoms with Crippen molar-refractivity contribution in [2.75, 3.05) is 13.2 Å². The van der Waals surface area contributed by atoms with Gasteiger partial charge in [0, 0.05) is 0 Å². The molecule has 0 saturated heterocycles. The molecule has 0 fully saturated rings. The van der Waals surface area contributed by atoms with E-state index in [1.165, 1.54) is 5.56 Å². The number of rotatable bonds is 6. The van der Waals surface area contributed by atoms with Gasteiger partial charge in [-0.25, -0.2) is 4.79 Å². The molecule has 0 bridgehead atoms. The number of carboxylic acids is 1.